The summed E-state index contributed by atoms with van der Waals surface area (Å²) in [5, 5.41) is 3.77. The number of thioether (sulfide) groups is 1. The molecule has 0 radical (unpaired) electrons. The summed E-state index contributed by atoms with van der Waals surface area (Å²) in [4.78, 5) is 2.56. The molecule has 1 aliphatic rings. The van der Waals surface area contributed by atoms with Crippen LogP contribution in [0.3, 0.4) is 0 Å². The maximum absolute atomic E-state index is 3.77. The fourth-order valence-corrected chi connectivity index (χ4v) is 3.32. The fraction of sp³-hybridized carbons (Fsp3) is 0.625. The van der Waals surface area contributed by atoms with Crippen molar-refractivity contribution in [2.24, 2.45) is 0 Å². The molecule has 1 saturated heterocycles. The summed E-state index contributed by atoms with van der Waals surface area (Å²) in [6.07, 6.45) is 4.75. The van der Waals surface area contributed by atoms with Gasteiger partial charge in [-0.1, -0.05) is 30.3 Å². The Kier molecular flexibility index (Phi) is 6.21. The Morgan fingerprint density at radius 2 is 2.16 bits per heavy atom. The van der Waals surface area contributed by atoms with Gasteiger partial charge in [0.05, 0.1) is 0 Å². The molecule has 2 nitrogen and oxygen atoms in total. The molecule has 0 amide bonds. The molecule has 0 bridgehead atoms. The van der Waals surface area contributed by atoms with Crippen molar-refractivity contribution in [3.05, 3.63) is 35.9 Å². The monoisotopic (exact) mass is 278 g/mol. The lowest BCUT2D eigenvalue weighted by Gasteiger charge is -2.20. The molecule has 3 heteroatoms. The van der Waals surface area contributed by atoms with E-state index >= 15 is 0 Å². The average molecular weight is 278 g/mol. The minimum absolute atomic E-state index is 0.647. The van der Waals surface area contributed by atoms with Crippen LogP contribution in [0.4, 0.5) is 0 Å². The van der Waals surface area contributed by atoms with E-state index in [0.29, 0.717) is 12.1 Å². The van der Waals surface area contributed by atoms with Gasteiger partial charge in [-0.3, -0.25) is 4.90 Å². The molecule has 0 spiro atoms. The zero-order chi connectivity index (χ0) is 13.5. The van der Waals surface area contributed by atoms with Crippen molar-refractivity contribution in [2.75, 3.05) is 25.1 Å². The van der Waals surface area contributed by atoms with Crippen molar-refractivity contribution in [1.82, 2.24) is 10.2 Å². The maximum atomic E-state index is 3.77. The molecule has 106 valence electrons. The molecule has 1 heterocycles. The molecule has 2 atom stereocenters. The van der Waals surface area contributed by atoms with Gasteiger partial charge in [0, 0.05) is 31.7 Å². The number of hydrogen-bond donors (Lipinski definition) is 1. The molecule has 1 aliphatic heterocycles. The van der Waals surface area contributed by atoms with E-state index in [0.717, 1.165) is 6.54 Å². The van der Waals surface area contributed by atoms with Gasteiger partial charge in [0.1, 0.15) is 0 Å². The van der Waals surface area contributed by atoms with Crippen molar-refractivity contribution >= 4 is 11.8 Å². The minimum Gasteiger partial charge on any atom is -0.310 e. The van der Waals surface area contributed by atoms with Crippen LogP contribution in [-0.4, -0.2) is 42.1 Å². The van der Waals surface area contributed by atoms with Crippen LogP contribution in [0.2, 0.25) is 0 Å². The second-order valence-corrected chi connectivity index (χ2v) is 6.54. The number of benzene rings is 1. The molecule has 1 aromatic carbocycles. The summed E-state index contributed by atoms with van der Waals surface area (Å²) in [5.41, 5.74) is 1.43. The molecule has 0 aliphatic carbocycles. The zero-order valence-electron chi connectivity index (χ0n) is 12.1. The van der Waals surface area contributed by atoms with E-state index in [1.807, 2.05) is 11.8 Å². The first-order valence-electron chi connectivity index (χ1n) is 7.29. The smallest absolute Gasteiger partial charge is 0.0234 e. The van der Waals surface area contributed by atoms with E-state index in [9.17, 15) is 0 Å². The van der Waals surface area contributed by atoms with E-state index in [1.54, 1.807) is 0 Å². The van der Waals surface area contributed by atoms with Crippen molar-refractivity contribution < 1.29 is 0 Å². The van der Waals surface area contributed by atoms with E-state index < -0.39 is 0 Å². The molecule has 0 aromatic heterocycles. The first kappa shape index (κ1) is 14.9. The molecular weight excluding hydrogens is 252 g/mol. The maximum Gasteiger partial charge on any atom is 0.0234 e. The highest BCUT2D eigenvalue weighted by atomic mass is 32.2. The van der Waals surface area contributed by atoms with Gasteiger partial charge >= 0.3 is 0 Å². The Morgan fingerprint density at radius 1 is 1.37 bits per heavy atom. The van der Waals surface area contributed by atoms with Crippen LogP contribution < -0.4 is 5.32 Å². The molecule has 1 N–H and O–H groups in total. The second kappa shape index (κ2) is 7.93. The highest BCUT2D eigenvalue weighted by Crippen LogP contribution is 2.14. The summed E-state index contributed by atoms with van der Waals surface area (Å²) in [5.74, 6) is 1.26. The summed E-state index contributed by atoms with van der Waals surface area (Å²) in [6.45, 7) is 5.83. The molecule has 0 saturated carbocycles. The van der Waals surface area contributed by atoms with Gasteiger partial charge in [-0.15, -0.1) is 0 Å². The predicted molar refractivity (Wildman–Crippen MR) is 85.7 cm³/mol. The second-order valence-electron chi connectivity index (χ2n) is 5.56. The van der Waals surface area contributed by atoms with Gasteiger partial charge in [-0.05, 0) is 37.3 Å². The van der Waals surface area contributed by atoms with Crippen molar-refractivity contribution in [1.29, 1.82) is 0 Å². The Hall–Kier alpha value is -0.510. The summed E-state index contributed by atoms with van der Waals surface area (Å²) >= 11 is 1.94. The Morgan fingerprint density at radius 3 is 2.89 bits per heavy atom. The number of nitrogens with one attached hydrogen (secondary N) is 1. The molecule has 1 fully saturated rings. The standard InChI is InChI=1S/C16H26N2S/c1-14(9-11-19-2)17-16-8-10-18(13-16)12-15-6-4-3-5-7-15/h3-7,14,16-17H,8-13H2,1-2H3. The minimum atomic E-state index is 0.647. The number of nitrogens with zero attached hydrogens (tertiary/aromatic N) is 1. The molecule has 2 unspecified atom stereocenters. The van der Waals surface area contributed by atoms with E-state index in [4.69, 9.17) is 0 Å². The van der Waals surface area contributed by atoms with Gasteiger partial charge in [-0.25, -0.2) is 0 Å². The van der Waals surface area contributed by atoms with E-state index in [-0.39, 0.29) is 0 Å². The normalized spacial score (nSPS) is 21.7. The van der Waals surface area contributed by atoms with E-state index in [2.05, 4.69) is 53.7 Å². The lowest BCUT2D eigenvalue weighted by Crippen LogP contribution is -2.38. The van der Waals surface area contributed by atoms with Crippen molar-refractivity contribution in [2.45, 2.75) is 38.4 Å². The SMILES string of the molecule is CSCCC(C)NC1CCN(Cc2ccccc2)C1. The number of rotatable bonds is 7. The quantitative estimate of drug-likeness (QED) is 0.825. The van der Waals surface area contributed by atoms with Crippen LogP contribution in [0.15, 0.2) is 30.3 Å². The first-order chi connectivity index (χ1) is 9.28. The summed E-state index contributed by atoms with van der Waals surface area (Å²) < 4.78 is 0. The molecule has 2 rings (SSSR count). The van der Waals surface area contributed by atoms with Gasteiger partial charge in [-0.2, -0.15) is 11.8 Å². The highest BCUT2D eigenvalue weighted by molar-refractivity contribution is 7.98. The lowest BCUT2D eigenvalue weighted by molar-refractivity contribution is 0.315. The fourth-order valence-electron chi connectivity index (χ4n) is 2.73. The van der Waals surface area contributed by atoms with Crippen LogP contribution in [-0.2, 0) is 6.54 Å². The predicted octanol–water partition coefficient (Wildman–Crippen LogP) is 2.99. The van der Waals surface area contributed by atoms with Crippen molar-refractivity contribution in [3.63, 3.8) is 0 Å². The Bertz CT molecular complexity index is 355. The largest absolute Gasteiger partial charge is 0.310 e. The Balaban J connectivity index is 1.71. The highest BCUT2D eigenvalue weighted by Gasteiger charge is 2.23. The van der Waals surface area contributed by atoms with Crippen LogP contribution in [0.25, 0.3) is 0 Å². The number of hydrogen-bond acceptors (Lipinski definition) is 3. The van der Waals surface area contributed by atoms with Gasteiger partial charge in [0.2, 0.25) is 0 Å². The molecule has 1 aromatic rings. The van der Waals surface area contributed by atoms with Gasteiger partial charge < -0.3 is 5.32 Å². The summed E-state index contributed by atoms with van der Waals surface area (Å²) in [7, 11) is 0. The van der Waals surface area contributed by atoms with E-state index in [1.165, 1.54) is 37.2 Å². The third-order valence-corrected chi connectivity index (χ3v) is 4.44. The van der Waals surface area contributed by atoms with Crippen LogP contribution in [0, 0.1) is 0 Å². The van der Waals surface area contributed by atoms with Crippen LogP contribution in [0.5, 0.6) is 0 Å². The summed E-state index contributed by atoms with van der Waals surface area (Å²) in [6, 6.07) is 12.1. The van der Waals surface area contributed by atoms with Crippen LogP contribution >= 0.6 is 11.8 Å². The first-order valence-corrected chi connectivity index (χ1v) is 8.68. The Labute approximate surface area is 122 Å². The van der Waals surface area contributed by atoms with Crippen molar-refractivity contribution in [3.8, 4) is 0 Å². The average Bonchev–Trinajstić information content (AvgIpc) is 2.85. The zero-order valence-corrected chi connectivity index (χ0v) is 13.0. The molecular formula is C16H26N2S. The van der Waals surface area contributed by atoms with Gasteiger partial charge in [0.15, 0.2) is 0 Å². The van der Waals surface area contributed by atoms with Crippen LogP contribution in [0.1, 0.15) is 25.3 Å². The van der Waals surface area contributed by atoms with Gasteiger partial charge in [0.25, 0.3) is 0 Å². The molecule has 19 heavy (non-hydrogen) atoms. The lowest BCUT2D eigenvalue weighted by atomic mass is 10.2. The third-order valence-electron chi connectivity index (χ3n) is 3.80. The topological polar surface area (TPSA) is 15.3 Å². The number of likely N-dealkylation sites (tertiary alicyclic amines) is 1. The third kappa shape index (κ3) is 5.17.